The predicted molar refractivity (Wildman–Crippen MR) is 93.5 cm³/mol. The average molecular weight is 341 g/mol. The Labute approximate surface area is 133 Å². The van der Waals surface area contributed by atoms with Gasteiger partial charge in [0.15, 0.2) is 0 Å². The van der Waals surface area contributed by atoms with Gasteiger partial charge in [0, 0.05) is 35.3 Å². The zero-order chi connectivity index (χ0) is 15.3. The highest BCUT2D eigenvalue weighted by molar-refractivity contribution is 9.10. The van der Waals surface area contributed by atoms with E-state index in [1.165, 1.54) is 28.6 Å². The van der Waals surface area contributed by atoms with Crippen molar-refractivity contribution in [2.75, 3.05) is 11.9 Å². The van der Waals surface area contributed by atoms with Crippen LogP contribution in [0.3, 0.4) is 0 Å². The molecule has 2 nitrogen and oxygen atoms in total. The molecule has 3 heteroatoms. The van der Waals surface area contributed by atoms with E-state index < -0.39 is 0 Å². The van der Waals surface area contributed by atoms with Crippen molar-refractivity contribution in [3.05, 3.63) is 28.2 Å². The predicted octanol–water partition coefficient (Wildman–Crippen LogP) is 4.96. The van der Waals surface area contributed by atoms with E-state index in [0.29, 0.717) is 6.04 Å². The summed E-state index contributed by atoms with van der Waals surface area (Å²) < 4.78 is 1.18. The summed E-state index contributed by atoms with van der Waals surface area (Å²) in [5.74, 6) is 0. The van der Waals surface area contributed by atoms with E-state index in [-0.39, 0.29) is 5.54 Å². The Hall–Kier alpha value is -0.540. The second-order valence-electron chi connectivity index (χ2n) is 6.46. The van der Waals surface area contributed by atoms with Crippen LogP contribution in [0, 0.1) is 0 Å². The first-order valence-corrected chi connectivity index (χ1v) is 8.34. The molecule has 1 N–H and O–H groups in total. The number of halogens is 1. The summed E-state index contributed by atoms with van der Waals surface area (Å²) in [5.41, 5.74) is 2.73. The lowest BCUT2D eigenvalue weighted by Crippen LogP contribution is -2.35. The number of nitrogens with zero attached hydrogens (tertiary/aromatic N) is 1. The molecule has 0 unspecified atom stereocenters. The van der Waals surface area contributed by atoms with Gasteiger partial charge in [0.1, 0.15) is 0 Å². The van der Waals surface area contributed by atoms with Gasteiger partial charge < -0.3 is 10.2 Å². The van der Waals surface area contributed by atoms with E-state index in [1.54, 1.807) is 0 Å². The first-order chi connectivity index (χ1) is 9.28. The highest BCUT2D eigenvalue weighted by Crippen LogP contribution is 2.26. The maximum absolute atomic E-state index is 3.71. The normalized spacial score (nSPS) is 12.0. The maximum Gasteiger partial charge on any atom is 0.0377 e. The van der Waals surface area contributed by atoms with Crippen LogP contribution in [0.5, 0.6) is 0 Å². The Morgan fingerprint density at radius 3 is 2.25 bits per heavy atom. The zero-order valence-electron chi connectivity index (χ0n) is 13.8. The topological polar surface area (TPSA) is 15.3 Å². The molecule has 1 rings (SSSR count). The first-order valence-electron chi connectivity index (χ1n) is 7.54. The standard InChI is InChI=1S/C17H29BrN2/c1-7-14(8-2)20(6)15-10-9-13(16(18)11-15)12-19-17(3,4)5/h9-11,14,19H,7-8,12H2,1-6H3. The Morgan fingerprint density at radius 2 is 1.80 bits per heavy atom. The SMILES string of the molecule is CCC(CC)N(C)c1ccc(CNC(C)(C)C)c(Br)c1. The van der Waals surface area contributed by atoms with Crippen LogP contribution in [-0.2, 0) is 6.54 Å². The van der Waals surface area contributed by atoms with Gasteiger partial charge in [0.2, 0.25) is 0 Å². The molecule has 0 heterocycles. The molecule has 0 aliphatic rings. The second kappa shape index (κ2) is 7.46. The third kappa shape index (κ3) is 5.10. The van der Waals surface area contributed by atoms with Gasteiger partial charge in [-0.1, -0.05) is 35.8 Å². The molecule has 1 aromatic carbocycles. The molecule has 0 saturated carbocycles. The molecule has 0 fully saturated rings. The Bertz CT molecular complexity index is 419. The van der Waals surface area contributed by atoms with Crippen LogP contribution >= 0.6 is 15.9 Å². The van der Waals surface area contributed by atoms with Crippen LogP contribution in [0.2, 0.25) is 0 Å². The molecule has 1 aromatic rings. The van der Waals surface area contributed by atoms with Crippen molar-refractivity contribution in [2.45, 2.75) is 65.6 Å². The maximum atomic E-state index is 3.71. The van der Waals surface area contributed by atoms with E-state index in [1.807, 2.05) is 0 Å². The molecule has 0 aromatic heterocycles. The van der Waals surface area contributed by atoms with Gasteiger partial charge >= 0.3 is 0 Å². The van der Waals surface area contributed by atoms with Crippen molar-refractivity contribution in [1.82, 2.24) is 5.32 Å². The van der Waals surface area contributed by atoms with Gasteiger partial charge in [0.05, 0.1) is 0 Å². The number of nitrogens with one attached hydrogen (secondary N) is 1. The molecule has 0 bridgehead atoms. The lowest BCUT2D eigenvalue weighted by molar-refractivity contribution is 0.424. The second-order valence-corrected chi connectivity index (χ2v) is 7.31. The molecule has 0 aliphatic heterocycles. The summed E-state index contributed by atoms with van der Waals surface area (Å²) in [6.45, 7) is 12.0. The fourth-order valence-corrected chi connectivity index (χ4v) is 2.81. The van der Waals surface area contributed by atoms with Gasteiger partial charge in [-0.05, 0) is 51.3 Å². The van der Waals surface area contributed by atoms with Crippen LogP contribution in [0.15, 0.2) is 22.7 Å². The summed E-state index contributed by atoms with van der Waals surface area (Å²) >= 11 is 3.71. The molecular weight excluding hydrogens is 312 g/mol. The monoisotopic (exact) mass is 340 g/mol. The molecule has 0 amide bonds. The summed E-state index contributed by atoms with van der Waals surface area (Å²) in [6, 6.07) is 7.29. The lowest BCUT2D eigenvalue weighted by Gasteiger charge is -2.29. The Morgan fingerprint density at radius 1 is 1.20 bits per heavy atom. The number of hydrogen-bond acceptors (Lipinski definition) is 2. The summed E-state index contributed by atoms with van der Waals surface area (Å²) in [5, 5.41) is 3.53. The van der Waals surface area contributed by atoms with Gasteiger partial charge in [-0.3, -0.25) is 0 Å². The van der Waals surface area contributed by atoms with Crippen molar-refractivity contribution in [1.29, 1.82) is 0 Å². The minimum absolute atomic E-state index is 0.143. The summed E-state index contributed by atoms with van der Waals surface area (Å²) in [4.78, 5) is 2.38. The van der Waals surface area contributed by atoms with Crippen molar-refractivity contribution in [3.63, 3.8) is 0 Å². The fourth-order valence-electron chi connectivity index (χ4n) is 2.31. The molecule has 0 spiro atoms. The largest absolute Gasteiger partial charge is 0.372 e. The van der Waals surface area contributed by atoms with Gasteiger partial charge in [0.25, 0.3) is 0 Å². The van der Waals surface area contributed by atoms with E-state index >= 15 is 0 Å². The van der Waals surface area contributed by atoms with Crippen LogP contribution in [0.25, 0.3) is 0 Å². The van der Waals surface area contributed by atoms with Gasteiger partial charge in [-0.2, -0.15) is 0 Å². The summed E-state index contributed by atoms with van der Waals surface area (Å²) in [6.07, 6.45) is 2.36. The average Bonchev–Trinajstić information content (AvgIpc) is 2.37. The molecule has 0 saturated heterocycles. The Kier molecular flexibility index (Phi) is 6.53. The summed E-state index contributed by atoms with van der Waals surface area (Å²) in [7, 11) is 2.19. The minimum Gasteiger partial charge on any atom is -0.372 e. The van der Waals surface area contributed by atoms with Crippen LogP contribution in [-0.4, -0.2) is 18.6 Å². The quantitative estimate of drug-likeness (QED) is 0.786. The van der Waals surface area contributed by atoms with E-state index in [0.717, 1.165) is 6.54 Å². The zero-order valence-corrected chi connectivity index (χ0v) is 15.3. The first kappa shape index (κ1) is 17.5. The molecule has 0 atom stereocenters. The highest BCUT2D eigenvalue weighted by Gasteiger charge is 2.13. The Balaban J connectivity index is 2.82. The van der Waals surface area contributed by atoms with E-state index in [9.17, 15) is 0 Å². The molecule has 114 valence electrons. The van der Waals surface area contributed by atoms with Crippen molar-refractivity contribution in [3.8, 4) is 0 Å². The van der Waals surface area contributed by atoms with Crippen LogP contribution in [0.1, 0.15) is 53.0 Å². The smallest absolute Gasteiger partial charge is 0.0377 e. The van der Waals surface area contributed by atoms with Crippen molar-refractivity contribution in [2.24, 2.45) is 0 Å². The number of benzene rings is 1. The third-order valence-electron chi connectivity index (χ3n) is 3.74. The molecular formula is C17H29BrN2. The van der Waals surface area contributed by atoms with Gasteiger partial charge in [-0.15, -0.1) is 0 Å². The van der Waals surface area contributed by atoms with E-state index in [4.69, 9.17) is 0 Å². The minimum atomic E-state index is 0.143. The lowest BCUT2D eigenvalue weighted by atomic mass is 10.1. The van der Waals surface area contributed by atoms with E-state index in [2.05, 4.69) is 86.0 Å². The molecule has 0 radical (unpaired) electrons. The number of hydrogen-bond donors (Lipinski definition) is 1. The molecule has 0 aliphatic carbocycles. The number of anilines is 1. The van der Waals surface area contributed by atoms with Crippen LogP contribution in [0.4, 0.5) is 5.69 Å². The van der Waals surface area contributed by atoms with Crippen LogP contribution < -0.4 is 10.2 Å². The van der Waals surface area contributed by atoms with Crippen molar-refractivity contribution >= 4 is 21.6 Å². The van der Waals surface area contributed by atoms with Gasteiger partial charge in [-0.25, -0.2) is 0 Å². The molecule has 20 heavy (non-hydrogen) atoms. The highest BCUT2D eigenvalue weighted by atomic mass is 79.9. The fraction of sp³-hybridized carbons (Fsp3) is 0.647. The number of rotatable bonds is 6. The van der Waals surface area contributed by atoms with Crippen molar-refractivity contribution < 1.29 is 0 Å². The third-order valence-corrected chi connectivity index (χ3v) is 4.48.